The Bertz CT molecular complexity index is 618. The van der Waals surface area contributed by atoms with E-state index in [0.717, 1.165) is 33.0 Å². The van der Waals surface area contributed by atoms with E-state index in [-0.39, 0.29) is 6.04 Å². The van der Waals surface area contributed by atoms with Crippen LogP contribution in [0.3, 0.4) is 0 Å². The molecule has 1 aromatic heterocycles. The van der Waals surface area contributed by atoms with E-state index in [0.29, 0.717) is 6.54 Å². The van der Waals surface area contributed by atoms with Crippen LogP contribution in [0.15, 0.2) is 40.9 Å². The summed E-state index contributed by atoms with van der Waals surface area (Å²) in [6.07, 6.45) is 0. The third-order valence-corrected chi connectivity index (χ3v) is 4.25. The van der Waals surface area contributed by atoms with Crippen LogP contribution in [-0.2, 0) is 6.54 Å². The molecule has 5 heteroatoms. The topological polar surface area (TPSA) is 42.1 Å². The molecule has 3 nitrogen and oxygen atoms in total. The lowest BCUT2D eigenvalue weighted by Gasteiger charge is -2.28. The summed E-state index contributed by atoms with van der Waals surface area (Å²) >= 11 is 9.77. The molecule has 2 N–H and O–H groups in total. The predicted octanol–water partition coefficient (Wildman–Crippen LogP) is 3.94. The molecule has 0 aliphatic carbocycles. The second-order valence-electron chi connectivity index (χ2n) is 5.10. The van der Waals surface area contributed by atoms with Gasteiger partial charge in [-0.1, -0.05) is 39.7 Å². The van der Waals surface area contributed by atoms with E-state index in [2.05, 4.69) is 25.8 Å². The molecule has 0 bridgehead atoms. The Morgan fingerprint density at radius 1 is 1.33 bits per heavy atom. The number of benzene rings is 1. The number of rotatable bonds is 5. The molecular formula is C16H19BrClN3. The summed E-state index contributed by atoms with van der Waals surface area (Å²) in [5.74, 6) is 0. The van der Waals surface area contributed by atoms with E-state index in [1.165, 1.54) is 0 Å². The van der Waals surface area contributed by atoms with Crippen LogP contribution in [0.25, 0.3) is 0 Å². The number of nitrogens with zero attached hydrogens (tertiary/aromatic N) is 2. The molecule has 2 rings (SSSR count). The van der Waals surface area contributed by atoms with Crippen molar-refractivity contribution in [2.75, 3.05) is 13.6 Å². The van der Waals surface area contributed by atoms with Crippen LogP contribution in [0.5, 0.6) is 0 Å². The van der Waals surface area contributed by atoms with E-state index in [4.69, 9.17) is 17.3 Å². The van der Waals surface area contributed by atoms with Crippen LogP contribution in [0, 0.1) is 6.92 Å². The standard InChI is InChI=1S/C16H19BrClN3/c1-11-4-3-5-13(20-11)10-21(2)16(9-19)14-7-6-12(17)8-15(14)18/h3-8,16H,9-10,19H2,1-2H3. The Morgan fingerprint density at radius 3 is 2.71 bits per heavy atom. The molecule has 1 heterocycles. The molecule has 0 amide bonds. The molecular weight excluding hydrogens is 350 g/mol. The fraction of sp³-hybridized carbons (Fsp3) is 0.312. The van der Waals surface area contributed by atoms with Gasteiger partial charge in [-0.3, -0.25) is 9.88 Å². The minimum absolute atomic E-state index is 0.0629. The maximum absolute atomic E-state index is 6.35. The number of pyridine rings is 1. The summed E-state index contributed by atoms with van der Waals surface area (Å²) < 4.78 is 0.968. The van der Waals surface area contributed by atoms with Gasteiger partial charge in [0.05, 0.1) is 5.69 Å². The smallest absolute Gasteiger partial charge is 0.0547 e. The van der Waals surface area contributed by atoms with Crippen molar-refractivity contribution in [2.24, 2.45) is 5.73 Å². The molecule has 2 aromatic rings. The van der Waals surface area contributed by atoms with Crippen molar-refractivity contribution >= 4 is 27.5 Å². The zero-order valence-electron chi connectivity index (χ0n) is 12.2. The van der Waals surface area contributed by atoms with E-state index < -0.39 is 0 Å². The Hall–Kier alpha value is -0.940. The highest BCUT2D eigenvalue weighted by Crippen LogP contribution is 2.29. The van der Waals surface area contributed by atoms with E-state index in [9.17, 15) is 0 Å². The highest BCUT2D eigenvalue weighted by atomic mass is 79.9. The van der Waals surface area contributed by atoms with Crippen molar-refractivity contribution in [3.63, 3.8) is 0 Å². The molecule has 0 fully saturated rings. The summed E-state index contributed by atoms with van der Waals surface area (Å²) in [5, 5.41) is 0.726. The first kappa shape index (κ1) is 16.4. The molecule has 1 unspecified atom stereocenters. The van der Waals surface area contributed by atoms with Gasteiger partial charge in [-0.15, -0.1) is 0 Å². The highest BCUT2D eigenvalue weighted by molar-refractivity contribution is 9.10. The Balaban J connectivity index is 2.20. The van der Waals surface area contributed by atoms with Crippen molar-refractivity contribution in [1.82, 2.24) is 9.88 Å². The number of halogens is 2. The maximum Gasteiger partial charge on any atom is 0.0547 e. The first-order chi connectivity index (χ1) is 10.0. The fourth-order valence-electron chi connectivity index (χ4n) is 2.37. The molecule has 0 aliphatic heterocycles. The molecule has 0 spiro atoms. The van der Waals surface area contributed by atoms with Gasteiger partial charge < -0.3 is 5.73 Å². The van der Waals surface area contributed by atoms with Gasteiger partial charge in [0.15, 0.2) is 0 Å². The first-order valence-electron chi connectivity index (χ1n) is 6.79. The van der Waals surface area contributed by atoms with Gasteiger partial charge in [0, 0.05) is 34.3 Å². The maximum atomic E-state index is 6.35. The summed E-state index contributed by atoms with van der Waals surface area (Å²) in [5.41, 5.74) is 9.06. The van der Waals surface area contributed by atoms with Gasteiger partial charge in [-0.25, -0.2) is 0 Å². The number of hydrogen-bond acceptors (Lipinski definition) is 3. The van der Waals surface area contributed by atoms with Crippen molar-refractivity contribution in [3.8, 4) is 0 Å². The molecule has 0 saturated heterocycles. The predicted molar refractivity (Wildman–Crippen MR) is 91.4 cm³/mol. The van der Waals surface area contributed by atoms with Crippen molar-refractivity contribution < 1.29 is 0 Å². The van der Waals surface area contributed by atoms with Crippen molar-refractivity contribution in [1.29, 1.82) is 0 Å². The lowest BCUT2D eigenvalue weighted by molar-refractivity contribution is 0.239. The first-order valence-corrected chi connectivity index (χ1v) is 7.96. The highest BCUT2D eigenvalue weighted by Gasteiger charge is 2.19. The normalized spacial score (nSPS) is 12.7. The zero-order chi connectivity index (χ0) is 15.4. The van der Waals surface area contributed by atoms with Crippen LogP contribution in [-0.4, -0.2) is 23.5 Å². The van der Waals surface area contributed by atoms with E-state index in [1.807, 2.05) is 50.4 Å². The van der Waals surface area contributed by atoms with E-state index in [1.54, 1.807) is 0 Å². The number of nitrogens with two attached hydrogens (primary N) is 1. The summed E-state index contributed by atoms with van der Waals surface area (Å²) in [6, 6.07) is 12.0. The van der Waals surface area contributed by atoms with Crippen LogP contribution in [0.1, 0.15) is 23.0 Å². The minimum atomic E-state index is 0.0629. The lowest BCUT2D eigenvalue weighted by atomic mass is 10.1. The molecule has 1 aromatic carbocycles. The van der Waals surface area contributed by atoms with Gasteiger partial charge in [0.25, 0.3) is 0 Å². The van der Waals surface area contributed by atoms with Crippen LogP contribution in [0.2, 0.25) is 5.02 Å². The minimum Gasteiger partial charge on any atom is -0.329 e. The fourth-order valence-corrected chi connectivity index (χ4v) is 3.17. The van der Waals surface area contributed by atoms with Crippen LogP contribution >= 0.6 is 27.5 Å². The Labute approximate surface area is 139 Å². The SMILES string of the molecule is Cc1cccc(CN(C)C(CN)c2ccc(Br)cc2Cl)n1. The summed E-state index contributed by atoms with van der Waals surface area (Å²) in [7, 11) is 2.04. The average molecular weight is 369 g/mol. The Kier molecular flexibility index (Phi) is 5.76. The molecule has 0 saturated carbocycles. The van der Waals surface area contributed by atoms with Gasteiger partial charge in [-0.05, 0) is 43.8 Å². The largest absolute Gasteiger partial charge is 0.329 e. The molecule has 21 heavy (non-hydrogen) atoms. The van der Waals surface area contributed by atoms with Gasteiger partial charge in [0.1, 0.15) is 0 Å². The van der Waals surface area contributed by atoms with Crippen molar-refractivity contribution in [3.05, 3.63) is 62.8 Å². The number of likely N-dealkylation sites (N-methyl/N-ethyl adjacent to an activating group) is 1. The summed E-state index contributed by atoms with van der Waals surface area (Å²) in [4.78, 5) is 6.71. The Morgan fingerprint density at radius 2 is 2.10 bits per heavy atom. The van der Waals surface area contributed by atoms with Crippen LogP contribution < -0.4 is 5.73 Å². The van der Waals surface area contributed by atoms with Gasteiger partial charge >= 0.3 is 0 Å². The molecule has 112 valence electrons. The molecule has 0 radical (unpaired) electrons. The average Bonchev–Trinajstić information content (AvgIpc) is 2.42. The molecule has 1 atom stereocenters. The van der Waals surface area contributed by atoms with Gasteiger partial charge in [-0.2, -0.15) is 0 Å². The van der Waals surface area contributed by atoms with Crippen LogP contribution in [0.4, 0.5) is 0 Å². The zero-order valence-corrected chi connectivity index (χ0v) is 14.5. The second kappa shape index (κ2) is 7.36. The summed E-state index contributed by atoms with van der Waals surface area (Å²) in [6.45, 7) is 3.23. The molecule has 0 aliphatic rings. The number of aryl methyl sites for hydroxylation is 1. The van der Waals surface area contributed by atoms with Crippen molar-refractivity contribution in [2.45, 2.75) is 19.5 Å². The number of aromatic nitrogens is 1. The third-order valence-electron chi connectivity index (χ3n) is 3.43. The monoisotopic (exact) mass is 367 g/mol. The lowest BCUT2D eigenvalue weighted by Crippen LogP contribution is -2.30. The van der Waals surface area contributed by atoms with E-state index >= 15 is 0 Å². The quantitative estimate of drug-likeness (QED) is 0.869. The second-order valence-corrected chi connectivity index (χ2v) is 6.43. The van der Waals surface area contributed by atoms with Gasteiger partial charge in [0.2, 0.25) is 0 Å². The number of hydrogen-bond donors (Lipinski definition) is 1. The third kappa shape index (κ3) is 4.27.